The van der Waals surface area contributed by atoms with Crippen molar-refractivity contribution in [3.63, 3.8) is 0 Å². The zero-order chi connectivity index (χ0) is 19.4. The van der Waals surface area contributed by atoms with Crippen LogP contribution in [0.15, 0.2) is 41.8 Å². The predicted molar refractivity (Wildman–Crippen MR) is 108 cm³/mol. The van der Waals surface area contributed by atoms with Crippen LogP contribution < -0.4 is 10.1 Å². The highest BCUT2D eigenvalue weighted by Crippen LogP contribution is 2.31. The highest BCUT2D eigenvalue weighted by atomic mass is 32.1. The van der Waals surface area contributed by atoms with Crippen LogP contribution in [0.1, 0.15) is 27.0 Å². The maximum atomic E-state index is 12.2. The zero-order valence-corrected chi connectivity index (χ0v) is 16.2. The summed E-state index contributed by atoms with van der Waals surface area (Å²) in [5.74, 6) is 0.0577. The van der Waals surface area contributed by atoms with Gasteiger partial charge >= 0.3 is 0 Å². The number of ether oxygens (including phenoxy) is 1. The van der Waals surface area contributed by atoms with Crippen molar-refractivity contribution in [2.75, 3.05) is 11.9 Å². The summed E-state index contributed by atoms with van der Waals surface area (Å²) in [4.78, 5) is 27.7. The van der Waals surface area contributed by atoms with Gasteiger partial charge in [0.15, 0.2) is 18.0 Å². The van der Waals surface area contributed by atoms with Gasteiger partial charge in [-0.3, -0.25) is 14.9 Å². The molecule has 6 heteroatoms. The number of rotatable bonds is 6. The third-order valence-electron chi connectivity index (χ3n) is 4.09. The van der Waals surface area contributed by atoms with Gasteiger partial charge in [-0.15, -0.1) is 11.3 Å². The molecule has 1 heterocycles. The Hall–Kier alpha value is -2.99. The number of carbonyl (C=O) groups is 2. The lowest BCUT2D eigenvalue weighted by molar-refractivity contribution is -0.118. The molecule has 0 radical (unpaired) electrons. The number of hydrogen-bond acceptors (Lipinski definition) is 5. The molecule has 1 N–H and O–H groups in total. The SMILES string of the molecule is Cc1cc(C)c(-c2csc(NC(=O)COc3ccccc3C=O)n2)c(C)c1. The summed E-state index contributed by atoms with van der Waals surface area (Å²) < 4.78 is 5.44. The van der Waals surface area contributed by atoms with Gasteiger partial charge in [0.1, 0.15) is 5.75 Å². The summed E-state index contributed by atoms with van der Waals surface area (Å²) in [5, 5.41) is 5.19. The highest BCUT2D eigenvalue weighted by molar-refractivity contribution is 7.14. The predicted octanol–water partition coefficient (Wildman–Crippen LogP) is 4.57. The topological polar surface area (TPSA) is 68.3 Å². The smallest absolute Gasteiger partial charge is 0.264 e. The summed E-state index contributed by atoms with van der Waals surface area (Å²) in [7, 11) is 0. The molecule has 0 aliphatic heterocycles. The van der Waals surface area contributed by atoms with E-state index in [0.29, 0.717) is 22.7 Å². The number of para-hydroxylation sites is 1. The van der Waals surface area contributed by atoms with E-state index in [1.54, 1.807) is 24.3 Å². The summed E-state index contributed by atoms with van der Waals surface area (Å²) >= 11 is 1.37. The van der Waals surface area contributed by atoms with Crippen molar-refractivity contribution < 1.29 is 14.3 Å². The van der Waals surface area contributed by atoms with Gasteiger partial charge in [0, 0.05) is 10.9 Å². The maximum Gasteiger partial charge on any atom is 0.264 e. The molecule has 0 saturated heterocycles. The fourth-order valence-electron chi connectivity index (χ4n) is 3.04. The molecule has 138 valence electrons. The Labute approximate surface area is 162 Å². The number of carbonyl (C=O) groups excluding carboxylic acids is 2. The largest absolute Gasteiger partial charge is 0.483 e. The van der Waals surface area contributed by atoms with Crippen molar-refractivity contribution >= 4 is 28.7 Å². The average Bonchev–Trinajstić information content (AvgIpc) is 3.07. The van der Waals surface area contributed by atoms with Crippen LogP contribution in [0.25, 0.3) is 11.3 Å². The first-order valence-corrected chi connectivity index (χ1v) is 9.36. The molecular weight excluding hydrogens is 360 g/mol. The summed E-state index contributed by atoms with van der Waals surface area (Å²) in [6, 6.07) is 11.0. The van der Waals surface area contributed by atoms with E-state index in [-0.39, 0.29) is 12.5 Å². The molecule has 0 aliphatic carbocycles. The number of thiazole rings is 1. The normalized spacial score (nSPS) is 10.5. The third-order valence-corrected chi connectivity index (χ3v) is 4.85. The van der Waals surface area contributed by atoms with E-state index in [4.69, 9.17) is 4.74 Å². The average molecular weight is 380 g/mol. The number of aryl methyl sites for hydroxylation is 3. The molecule has 1 amide bonds. The zero-order valence-electron chi connectivity index (χ0n) is 15.4. The number of anilines is 1. The van der Waals surface area contributed by atoms with Gasteiger partial charge in [0.2, 0.25) is 0 Å². The van der Waals surface area contributed by atoms with Crippen LogP contribution >= 0.6 is 11.3 Å². The number of amides is 1. The van der Waals surface area contributed by atoms with Gasteiger partial charge in [-0.25, -0.2) is 4.98 Å². The van der Waals surface area contributed by atoms with Crippen LogP contribution in [0.5, 0.6) is 5.75 Å². The summed E-state index contributed by atoms with van der Waals surface area (Å²) in [6.45, 7) is 6.00. The van der Waals surface area contributed by atoms with Gasteiger partial charge in [0.05, 0.1) is 11.3 Å². The molecule has 0 fully saturated rings. The van der Waals surface area contributed by atoms with E-state index in [0.717, 1.165) is 22.4 Å². The molecule has 0 atom stereocenters. The number of aldehydes is 1. The Morgan fingerprint density at radius 1 is 1.19 bits per heavy atom. The Morgan fingerprint density at radius 2 is 1.89 bits per heavy atom. The lowest BCUT2D eigenvalue weighted by atomic mass is 9.98. The standard InChI is InChI=1S/C21H20N2O3S/c1-13-8-14(2)20(15(3)9-13)17-12-27-21(22-17)23-19(25)11-26-18-7-5-4-6-16(18)10-24/h4-10,12H,11H2,1-3H3,(H,22,23,25). The number of nitrogens with zero attached hydrogens (tertiary/aromatic N) is 1. The van der Waals surface area contributed by atoms with Crippen molar-refractivity contribution in [1.82, 2.24) is 4.98 Å². The van der Waals surface area contributed by atoms with Gasteiger partial charge in [-0.05, 0) is 44.0 Å². The van der Waals surface area contributed by atoms with E-state index >= 15 is 0 Å². The Bertz CT molecular complexity index is 972. The molecule has 0 aliphatic rings. The van der Waals surface area contributed by atoms with Crippen LogP contribution in [-0.4, -0.2) is 23.8 Å². The first kappa shape index (κ1) is 18.8. The van der Waals surface area contributed by atoms with E-state index in [9.17, 15) is 9.59 Å². The maximum absolute atomic E-state index is 12.2. The Kier molecular flexibility index (Phi) is 5.66. The van der Waals surface area contributed by atoms with Gasteiger partial charge in [0.25, 0.3) is 5.91 Å². The lowest BCUT2D eigenvalue weighted by Gasteiger charge is -2.09. The summed E-state index contributed by atoms with van der Waals surface area (Å²) in [6.07, 6.45) is 0.701. The number of nitrogens with one attached hydrogen (secondary N) is 1. The second-order valence-corrected chi connectivity index (χ2v) is 7.16. The van der Waals surface area contributed by atoms with Crippen molar-refractivity contribution in [2.24, 2.45) is 0 Å². The van der Waals surface area contributed by atoms with Crippen LogP contribution in [0, 0.1) is 20.8 Å². The molecule has 0 unspecified atom stereocenters. The number of aromatic nitrogens is 1. The minimum Gasteiger partial charge on any atom is -0.483 e. The van der Waals surface area contributed by atoms with Crippen molar-refractivity contribution in [1.29, 1.82) is 0 Å². The number of hydrogen-bond donors (Lipinski definition) is 1. The van der Waals surface area contributed by atoms with Crippen LogP contribution in [0.3, 0.4) is 0 Å². The molecule has 1 aromatic heterocycles. The molecule has 0 spiro atoms. The Balaban J connectivity index is 1.67. The second kappa shape index (κ2) is 8.14. The molecule has 0 saturated carbocycles. The molecule has 3 rings (SSSR count). The molecule has 5 nitrogen and oxygen atoms in total. The summed E-state index contributed by atoms with van der Waals surface area (Å²) in [5.41, 5.74) is 5.87. The van der Waals surface area contributed by atoms with Gasteiger partial charge in [-0.1, -0.05) is 29.8 Å². The van der Waals surface area contributed by atoms with Crippen LogP contribution in [0.2, 0.25) is 0 Å². The lowest BCUT2D eigenvalue weighted by Crippen LogP contribution is -2.20. The van der Waals surface area contributed by atoms with Crippen molar-refractivity contribution in [3.8, 4) is 17.0 Å². The first-order valence-electron chi connectivity index (χ1n) is 8.48. The molecule has 27 heavy (non-hydrogen) atoms. The fourth-order valence-corrected chi connectivity index (χ4v) is 3.76. The van der Waals surface area contributed by atoms with Gasteiger partial charge < -0.3 is 4.74 Å². The molecule has 3 aromatic rings. The first-order chi connectivity index (χ1) is 13.0. The Morgan fingerprint density at radius 3 is 2.59 bits per heavy atom. The highest BCUT2D eigenvalue weighted by Gasteiger charge is 2.13. The van der Waals surface area contributed by atoms with Crippen LogP contribution in [-0.2, 0) is 4.79 Å². The second-order valence-electron chi connectivity index (χ2n) is 6.30. The van der Waals surface area contributed by atoms with E-state index in [1.807, 2.05) is 5.38 Å². The van der Waals surface area contributed by atoms with E-state index < -0.39 is 0 Å². The van der Waals surface area contributed by atoms with E-state index in [2.05, 4.69) is 43.2 Å². The molecule has 2 aromatic carbocycles. The third kappa shape index (κ3) is 4.41. The molecule has 0 bridgehead atoms. The monoisotopic (exact) mass is 380 g/mol. The van der Waals surface area contributed by atoms with E-state index in [1.165, 1.54) is 16.9 Å². The number of benzene rings is 2. The fraction of sp³-hybridized carbons (Fsp3) is 0.190. The molecular formula is C21H20N2O3S. The quantitative estimate of drug-likeness (QED) is 0.636. The van der Waals surface area contributed by atoms with Crippen molar-refractivity contribution in [3.05, 3.63) is 64.0 Å². The van der Waals surface area contributed by atoms with Gasteiger partial charge in [-0.2, -0.15) is 0 Å². The van der Waals surface area contributed by atoms with Crippen molar-refractivity contribution in [2.45, 2.75) is 20.8 Å². The minimum absolute atomic E-state index is 0.192. The minimum atomic E-state index is -0.325. The van der Waals surface area contributed by atoms with Crippen LogP contribution in [0.4, 0.5) is 5.13 Å².